The molecule has 0 aromatic carbocycles. The van der Waals surface area contributed by atoms with Gasteiger partial charge in [-0.1, -0.05) is 13.3 Å². The molecule has 0 aliphatic heterocycles. The second-order valence-electron chi connectivity index (χ2n) is 3.95. The normalized spacial score (nSPS) is 14.4. The van der Waals surface area contributed by atoms with Gasteiger partial charge in [0.1, 0.15) is 12.3 Å². The molecule has 1 amide bonds. The van der Waals surface area contributed by atoms with Crippen LogP contribution in [0.3, 0.4) is 0 Å². The monoisotopic (exact) mass is 241 g/mol. The lowest BCUT2D eigenvalue weighted by atomic mass is 10.2. The molecule has 4 N–H and O–H groups in total. The van der Waals surface area contributed by atoms with Crippen LogP contribution in [0.5, 0.6) is 0 Å². The van der Waals surface area contributed by atoms with Gasteiger partial charge < -0.3 is 20.6 Å². The van der Waals surface area contributed by atoms with Gasteiger partial charge in [0.25, 0.3) is 5.91 Å². The largest absolute Gasteiger partial charge is 0.446 e. The second kappa shape index (κ2) is 6.36. The third-order valence-electron chi connectivity index (χ3n) is 2.38. The fourth-order valence-electron chi connectivity index (χ4n) is 1.22. The quantitative estimate of drug-likeness (QED) is 0.632. The van der Waals surface area contributed by atoms with Crippen molar-refractivity contribution in [3.8, 4) is 0 Å². The van der Waals surface area contributed by atoms with E-state index in [0.717, 1.165) is 12.8 Å². The molecule has 1 aromatic heterocycles. The van der Waals surface area contributed by atoms with Crippen LogP contribution in [0.2, 0.25) is 0 Å². The summed E-state index contributed by atoms with van der Waals surface area (Å²) in [6, 6.07) is -0.716. The summed E-state index contributed by atoms with van der Waals surface area (Å²) < 4.78 is 5.06. The third kappa shape index (κ3) is 3.83. The van der Waals surface area contributed by atoms with Crippen molar-refractivity contribution in [1.29, 1.82) is 0 Å². The number of carbonyl (C=O) groups is 1. The van der Waals surface area contributed by atoms with Crippen LogP contribution in [0, 0.1) is 0 Å². The summed E-state index contributed by atoms with van der Waals surface area (Å²) in [5.41, 5.74) is 5.82. The molecule has 0 radical (unpaired) electrons. The number of nitrogens with two attached hydrogens (primary N) is 1. The number of hydrogen-bond acceptors (Lipinski definition) is 5. The molecule has 2 unspecified atom stereocenters. The lowest BCUT2D eigenvalue weighted by Gasteiger charge is -2.09. The van der Waals surface area contributed by atoms with E-state index in [2.05, 4.69) is 10.3 Å². The molecule has 17 heavy (non-hydrogen) atoms. The van der Waals surface area contributed by atoms with Crippen LogP contribution < -0.4 is 11.1 Å². The highest BCUT2D eigenvalue weighted by atomic mass is 16.3. The van der Waals surface area contributed by atoms with Gasteiger partial charge in [0.2, 0.25) is 5.89 Å². The molecule has 0 bridgehead atoms. The van der Waals surface area contributed by atoms with Gasteiger partial charge in [-0.05, 0) is 13.3 Å². The van der Waals surface area contributed by atoms with Crippen LogP contribution in [0.25, 0.3) is 0 Å². The van der Waals surface area contributed by atoms with E-state index >= 15 is 0 Å². The highest BCUT2D eigenvalue weighted by Gasteiger charge is 2.20. The Morgan fingerprint density at radius 3 is 3.00 bits per heavy atom. The fraction of sp³-hybridized carbons (Fsp3) is 0.636. The average molecular weight is 241 g/mol. The molecular formula is C11H19N3O3. The minimum Gasteiger partial charge on any atom is -0.446 e. The average Bonchev–Trinajstić information content (AvgIpc) is 2.77. The SMILES string of the molecule is CCCCNC(=O)c1coc(C(N)C(C)O)n1. The number of aliphatic hydroxyl groups excluding tert-OH is 1. The van der Waals surface area contributed by atoms with E-state index < -0.39 is 12.1 Å². The lowest BCUT2D eigenvalue weighted by molar-refractivity contribution is 0.0948. The highest BCUT2D eigenvalue weighted by Crippen LogP contribution is 2.13. The van der Waals surface area contributed by atoms with Crippen molar-refractivity contribution in [2.75, 3.05) is 6.54 Å². The van der Waals surface area contributed by atoms with Crippen LogP contribution in [-0.2, 0) is 0 Å². The van der Waals surface area contributed by atoms with Gasteiger partial charge in [0.05, 0.1) is 6.10 Å². The topological polar surface area (TPSA) is 101 Å². The molecular weight excluding hydrogens is 222 g/mol. The zero-order chi connectivity index (χ0) is 12.8. The summed E-state index contributed by atoms with van der Waals surface area (Å²) in [7, 11) is 0. The first-order chi connectivity index (χ1) is 8.06. The van der Waals surface area contributed by atoms with Crippen molar-refractivity contribution < 1.29 is 14.3 Å². The highest BCUT2D eigenvalue weighted by molar-refractivity contribution is 5.91. The number of carbonyl (C=O) groups excluding carboxylic acids is 1. The van der Waals surface area contributed by atoms with Gasteiger partial charge in [-0.3, -0.25) is 4.79 Å². The Balaban J connectivity index is 2.58. The number of amides is 1. The van der Waals surface area contributed by atoms with Crippen LogP contribution in [0.4, 0.5) is 0 Å². The van der Waals surface area contributed by atoms with E-state index in [1.54, 1.807) is 0 Å². The number of nitrogens with zero attached hydrogens (tertiary/aromatic N) is 1. The molecule has 0 aliphatic carbocycles. The molecule has 6 heteroatoms. The zero-order valence-corrected chi connectivity index (χ0v) is 10.1. The summed E-state index contributed by atoms with van der Waals surface area (Å²) >= 11 is 0. The van der Waals surface area contributed by atoms with Gasteiger partial charge in [-0.15, -0.1) is 0 Å². The Hall–Kier alpha value is -1.40. The molecule has 96 valence electrons. The number of aliphatic hydroxyl groups is 1. The van der Waals surface area contributed by atoms with Gasteiger partial charge in [0.15, 0.2) is 5.69 Å². The van der Waals surface area contributed by atoms with E-state index in [1.807, 2.05) is 6.92 Å². The maximum Gasteiger partial charge on any atom is 0.273 e. The molecule has 0 saturated carbocycles. The number of nitrogens with one attached hydrogen (secondary N) is 1. The molecule has 2 atom stereocenters. The maximum absolute atomic E-state index is 11.6. The Labute approximate surface area is 100 Å². The van der Waals surface area contributed by atoms with Crippen molar-refractivity contribution in [3.05, 3.63) is 17.8 Å². The van der Waals surface area contributed by atoms with Crippen molar-refractivity contribution >= 4 is 5.91 Å². The van der Waals surface area contributed by atoms with Crippen LogP contribution in [-0.4, -0.2) is 28.6 Å². The van der Waals surface area contributed by atoms with Crippen molar-refractivity contribution in [1.82, 2.24) is 10.3 Å². The zero-order valence-electron chi connectivity index (χ0n) is 10.1. The number of rotatable bonds is 6. The van der Waals surface area contributed by atoms with Gasteiger partial charge in [-0.25, -0.2) is 4.98 Å². The van der Waals surface area contributed by atoms with E-state index in [-0.39, 0.29) is 17.5 Å². The second-order valence-corrected chi connectivity index (χ2v) is 3.95. The van der Waals surface area contributed by atoms with Crippen LogP contribution in [0.15, 0.2) is 10.7 Å². The van der Waals surface area contributed by atoms with Crippen molar-refractivity contribution in [2.24, 2.45) is 5.73 Å². The third-order valence-corrected chi connectivity index (χ3v) is 2.38. The summed E-state index contributed by atoms with van der Waals surface area (Å²) in [6.45, 7) is 4.19. The summed E-state index contributed by atoms with van der Waals surface area (Å²) in [5, 5.41) is 12.0. The standard InChI is InChI=1S/C11H19N3O3/c1-3-4-5-13-10(16)8-6-17-11(14-8)9(12)7(2)15/h6-7,9,15H,3-5,12H2,1-2H3,(H,13,16). The van der Waals surface area contributed by atoms with E-state index in [0.29, 0.717) is 6.54 Å². The van der Waals surface area contributed by atoms with E-state index in [1.165, 1.54) is 13.2 Å². The summed E-state index contributed by atoms with van der Waals surface area (Å²) in [6.07, 6.45) is 2.41. The molecule has 0 saturated heterocycles. The first-order valence-corrected chi connectivity index (χ1v) is 5.73. The molecule has 0 fully saturated rings. The molecule has 0 spiro atoms. The summed E-state index contributed by atoms with van der Waals surface area (Å²) in [5.74, 6) is -0.119. The Bertz CT molecular complexity index is 363. The minimum atomic E-state index is -0.773. The van der Waals surface area contributed by atoms with Gasteiger partial charge in [-0.2, -0.15) is 0 Å². The number of unbranched alkanes of at least 4 members (excludes halogenated alkanes) is 1. The molecule has 1 rings (SSSR count). The van der Waals surface area contributed by atoms with Crippen LogP contribution >= 0.6 is 0 Å². The van der Waals surface area contributed by atoms with Crippen molar-refractivity contribution in [2.45, 2.75) is 38.8 Å². The smallest absolute Gasteiger partial charge is 0.273 e. The number of hydrogen-bond donors (Lipinski definition) is 3. The fourth-order valence-corrected chi connectivity index (χ4v) is 1.22. The van der Waals surface area contributed by atoms with Crippen LogP contribution in [0.1, 0.15) is 49.1 Å². The summed E-state index contributed by atoms with van der Waals surface area (Å²) in [4.78, 5) is 15.5. The molecule has 0 aliphatic rings. The predicted octanol–water partition coefficient (Wildman–Crippen LogP) is 0.585. The Morgan fingerprint density at radius 2 is 2.41 bits per heavy atom. The Kier molecular flexibility index (Phi) is 5.11. The van der Waals surface area contributed by atoms with E-state index in [4.69, 9.17) is 10.2 Å². The predicted molar refractivity (Wildman–Crippen MR) is 62.4 cm³/mol. The first-order valence-electron chi connectivity index (χ1n) is 5.73. The first kappa shape index (κ1) is 13.7. The molecule has 6 nitrogen and oxygen atoms in total. The van der Waals surface area contributed by atoms with E-state index in [9.17, 15) is 9.90 Å². The molecule has 1 aromatic rings. The maximum atomic E-state index is 11.6. The Morgan fingerprint density at radius 1 is 1.71 bits per heavy atom. The minimum absolute atomic E-state index is 0.167. The van der Waals surface area contributed by atoms with Crippen molar-refractivity contribution in [3.63, 3.8) is 0 Å². The van der Waals surface area contributed by atoms with Gasteiger partial charge >= 0.3 is 0 Å². The lowest BCUT2D eigenvalue weighted by Crippen LogP contribution is -2.26. The molecule has 1 heterocycles. The number of oxazole rings is 1. The van der Waals surface area contributed by atoms with Gasteiger partial charge in [0, 0.05) is 6.54 Å². The number of aromatic nitrogens is 1.